The van der Waals surface area contributed by atoms with Gasteiger partial charge in [-0.05, 0) is 18.3 Å². The predicted octanol–water partition coefficient (Wildman–Crippen LogP) is -0.485. The molecule has 2 rings (SSSR count). The Morgan fingerprint density at radius 3 is 2.30 bits per heavy atom. The summed E-state index contributed by atoms with van der Waals surface area (Å²) in [6, 6.07) is 0. The van der Waals surface area contributed by atoms with Gasteiger partial charge in [-0.25, -0.2) is 8.42 Å². The minimum atomic E-state index is -3.57. The maximum absolute atomic E-state index is 12.0. The zero-order chi connectivity index (χ0) is 14.8. The van der Waals surface area contributed by atoms with Crippen molar-refractivity contribution in [2.45, 2.75) is 19.3 Å². The van der Waals surface area contributed by atoms with Crippen LogP contribution in [0.5, 0.6) is 0 Å². The molecular weight excluding hydrogens is 286 g/mol. The number of carbonyl (C=O) groups excluding carboxylic acids is 1. The van der Waals surface area contributed by atoms with E-state index in [1.165, 1.54) is 4.90 Å². The van der Waals surface area contributed by atoms with Crippen molar-refractivity contribution in [3.63, 3.8) is 0 Å². The van der Waals surface area contributed by atoms with Crippen LogP contribution in [0, 0.1) is 5.41 Å². The van der Waals surface area contributed by atoms with Crippen molar-refractivity contribution in [1.82, 2.24) is 4.90 Å². The molecule has 0 spiro atoms. The van der Waals surface area contributed by atoms with Gasteiger partial charge in [0, 0.05) is 13.1 Å². The summed E-state index contributed by atoms with van der Waals surface area (Å²) in [7, 11) is -3.57. The van der Waals surface area contributed by atoms with E-state index in [4.69, 9.17) is 9.84 Å². The third-order valence-corrected chi connectivity index (χ3v) is 5.46. The standard InChI is InChI=1S/C12H19NO6S/c14-10(13-3-5-19-6-4-13)8-20(17,18)9-12(1-2-12)7-11(15)16/h1-9H2,(H,15,16). The quantitative estimate of drug-likeness (QED) is 0.711. The van der Waals surface area contributed by atoms with Crippen LogP contribution >= 0.6 is 0 Å². The van der Waals surface area contributed by atoms with Crippen LogP contribution in [-0.4, -0.2) is 68.1 Å². The molecule has 0 aromatic rings. The molecule has 20 heavy (non-hydrogen) atoms. The van der Waals surface area contributed by atoms with Gasteiger partial charge in [0.05, 0.1) is 25.4 Å². The highest BCUT2D eigenvalue weighted by atomic mass is 32.2. The molecule has 0 aromatic heterocycles. The van der Waals surface area contributed by atoms with E-state index in [9.17, 15) is 18.0 Å². The monoisotopic (exact) mass is 305 g/mol. The highest BCUT2D eigenvalue weighted by molar-refractivity contribution is 7.92. The summed E-state index contributed by atoms with van der Waals surface area (Å²) in [6.45, 7) is 1.67. The SMILES string of the molecule is O=C(O)CC1(CS(=O)(=O)CC(=O)N2CCOCC2)CC1. The molecule has 1 N–H and O–H groups in total. The van der Waals surface area contributed by atoms with Crippen LogP contribution in [-0.2, 0) is 24.2 Å². The number of nitrogens with zero attached hydrogens (tertiary/aromatic N) is 1. The van der Waals surface area contributed by atoms with Gasteiger partial charge in [-0.3, -0.25) is 9.59 Å². The molecular formula is C12H19NO6S. The topological polar surface area (TPSA) is 101 Å². The zero-order valence-electron chi connectivity index (χ0n) is 11.2. The Morgan fingerprint density at radius 1 is 1.20 bits per heavy atom. The van der Waals surface area contributed by atoms with Gasteiger partial charge in [-0.1, -0.05) is 0 Å². The van der Waals surface area contributed by atoms with Crippen molar-refractivity contribution in [3.05, 3.63) is 0 Å². The van der Waals surface area contributed by atoms with Gasteiger partial charge in [0.1, 0.15) is 5.75 Å². The van der Waals surface area contributed by atoms with Crippen molar-refractivity contribution in [2.24, 2.45) is 5.41 Å². The van der Waals surface area contributed by atoms with Gasteiger partial charge in [0.15, 0.2) is 9.84 Å². The molecule has 2 fully saturated rings. The highest BCUT2D eigenvalue weighted by Crippen LogP contribution is 2.49. The first-order valence-electron chi connectivity index (χ1n) is 6.60. The Bertz CT molecular complexity index is 490. The van der Waals surface area contributed by atoms with E-state index < -0.39 is 32.9 Å². The van der Waals surface area contributed by atoms with Gasteiger partial charge in [-0.2, -0.15) is 0 Å². The van der Waals surface area contributed by atoms with Crippen LogP contribution in [0.1, 0.15) is 19.3 Å². The van der Waals surface area contributed by atoms with E-state index >= 15 is 0 Å². The fourth-order valence-corrected chi connectivity index (χ4v) is 4.46. The molecule has 1 saturated heterocycles. The number of hydrogen-bond acceptors (Lipinski definition) is 5. The molecule has 8 heteroatoms. The van der Waals surface area contributed by atoms with Crippen molar-refractivity contribution >= 4 is 21.7 Å². The lowest BCUT2D eigenvalue weighted by atomic mass is 10.1. The average Bonchev–Trinajstić information content (AvgIpc) is 3.06. The predicted molar refractivity (Wildman–Crippen MR) is 70.0 cm³/mol. The van der Waals surface area contributed by atoms with Crippen LogP contribution < -0.4 is 0 Å². The molecule has 2 aliphatic rings. The number of aliphatic carboxylic acids is 1. The number of rotatable bonds is 6. The summed E-state index contributed by atoms with van der Waals surface area (Å²) in [6.07, 6.45) is 1.06. The Balaban J connectivity index is 1.90. The molecule has 0 bridgehead atoms. The Labute approximate surface area is 117 Å². The molecule has 0 unspecified atom stereocenters. The Morgan fingerprint density at radius 2 is 1.80 bits per heavy atom. The van der Waals surface area contributed by atoms with Crippen LogP contribution in [0.3, 0.4) is 0 Å². The summed E-state index contributed by atoms with van der Waals surface area (Å²) in [4.78, 5) is 24.1. The fourth-order valence-electron chi connectivity index (χ4n) is 2.48. The second-order valence-corrected chi connectivity index (χ2v) is 7.66. The lowest BCUT2D eigenvalue weighted by molar-refractivity contribution is -0.138. The smallest absolute Gasteiger partial charge is 0.303 e. The van der Waals surface area contributed by atoms with Gasteiger partial charge in [0.25, 0.3) is 0 Å². The summed E-state index contributed by atoms with van der Waals surface area (Å²) in [5.41, 5.74) is -0.643. The van der Waals surface area contributed by atoms with Crippen molar-refractivity contribution < 1.29 is 27.9 Å². The molecule has 0 radical (unpaired) electrons. The summed E-state index contributed by atoms with van der Waals surface area (Å²) >= 11 is 0. The van der Waals surface area contributed by atoms with Crippen LogP contribution in [0.25, 0.3) is 0 Å². The van der Waals surface area contributed by atoms with Gasteiger partial charge in [-0.15, -0.1) is 0 Å². The number of morpholine rings is 1. The van der Waals surface area contributed by atoms with E-state index in [1.807, 2.05) is 0 Å². The normalized spacial score (nSPS) is 21.5. The van der Waals surface area contributed by atoms with Gasteiger partial charge >= 0.3 is 5.97 Å². The third-order valence-electron chi connectivity index (χ3n) is 3.72. The number of carboxylic acid groups (broad SMARTS) is 1. The van der Waals surface area contributed by atoms with E-state index in [0.717, 1.165) is 0 Å². The zero-order valence-corrected chi connectivity index (χ0v) is 12.0. The average molecular weight is 305 g/mol. The maximum atomic E-state index is 12.0. The van der Waals surface area contributed by atoms with Crippen molar-refractivity contribution in [2.75, 3.05) is 37.8 Å². The number of ether oxygens (including phenoxy) is 1. The van der Waals surface area contributed by atoms with E-state index in [2.05, 4.69) is 0 Å². The minimum Gasteiger partial charge on any atom is -0.481 e. The molecule has 1 aliphatic heterocycles. The first-order chi connectivity index (χ1) is 9.32. The van der Waals surface area contributed by atoms with E-state index in [1.54, 1.807) is 0 Å². The van der Waals surface area contributed by atoms with Crippen LogP contribution in [0.15, 0.2) is 0 Å². The van der Waals surface area contributed by atoms with Crippen molar-refractivity contribution in [1.29, 1.82) is 0 Å². The number of hydrogen-bond donors (Lipinski definition) is 1. The first-order valence-corrected chi connectivity index (χ1v) is 8.42. The van der Waals surface area contributed by atoms with Crippen molar-refractivity contribution in [3.8, 4) is 0 Å². The first kappa shape index (κ1) is 15.2. The fraction of sp³-hybridized carbons (Fsp3) is 0.833. The van der Waals surface area contributed by atoms with E-state index in [-0.39, 0.29) is 12.2 Å². The molecule has 1 heterocycles. The number of carboxylic acids is 1. The molecule has 114 valence electrons. The number of sulfone groups is 1. The lowest BCUT2D eigenvalue weighted by Crippen LogP contribution is -2.44. The summed E-state index contributed by atoms with van der Waals surface area (Å²) < 4.78 is 29.2. The summed E-state index contributed by atoms with van der Waals surface area (Å²) in [5.74, 6) is -2.15. The maximum Gasteiger partial charge on any atom is 0.303 e. The Kier molecular flexibility index (Phi) is 4.33. The lowest BCUT2D eigenvalue weighted by Gasteiger charge is -2.27. The second kappa shape index (κ2) is 5.69. The molecule has 0 aromatic carbocycles. The molecule has 7 nitrogen and oxygen atoms in total. The van der Waals surface area contributed by atoms with E-state index in [0.29, 0.717) is 39.1 Å². The number of amides is 1. The second-order valence-electron chi connectivity index (χ2n) is 5.60. The Hall–Kier alpha value is -1.15. The molecule has 1 aliphatic carbocycles. The summed E-state index contributed by atoms with van der Waals surface area (Å²) in [5, 5.41) is 8.79. The van der Waals surface area contributed by atoms with Crippen LogP contribution in [0.4, 0.5) is 0 Å². The molecule has 1 amide bonds. The largest absolute Gasteiger partial charge is 0.481 e. The van der Waals surface area contributed by atoms with Gasteiger partial charge < -0.3 is 14.7 Å². The minimum absolute atomic E-state index is 0.141. The highest BCUT2D eigenvalue weighted by Gasteiger charge is 2.48. The van der Waals surface area contributed by atoms with Gasteiger partial charge in [0.2, 0.25) is 5.91 Å². The van der Waals surface area contributed by atoms with Crippen LogP contribution in [0.2, 0.25) is 0 Å². The molecule has 1 saturated carbocycles. The number of carbonyl (C=O) groups is 2. The third kappa shape index (κ3) is 4.17. The molecule has 0 atom stereocenters.